The highest BCUT2D eigenvalue weighted by molar-refractivity contribution is 7.99. The van der Waals surface area contributed by atoms with Gasteiger partial charge in [-0.05, 0) is 30.2 Å². The Morgan fingerprint density at radius 1 is 1.16 bits per heavy atom. The molecule has 9 heteroatoms. The van der Waals surface area contributed by atoms with Gasteiger partial charge in [-0.25, -0.2) is 4.39 Å². The van der Waals surface area contributed by atoms with E-state index in [-0.39, 0.29) is 23.0 Å². The van der Waals surface area contributed by atoms with Gasteiger partial charge in [-0.2, -0.15) is 5.26 Å². The number of nitriles is 1. The maximum atomic E-state index is 14.0. The van der Waals surface area contributed by atoms with Crippen molar-refractivity contribution >= 4 is 23.5 Å². The molecule has 0 aliphatic heterocycles. The number of carbonyl (C=O) groups is 2. The summed E-state index contributed by atoms with van der Waals surface area (Å²) < 4.78 is 15.7. The van der Waals surface area contributed by atoms with Crippen molar-refractivity contribution < 1.29 is 14.0 Å². The fraction of sp³-hybridized carbons (Fsp3) is 0.261. The summed E-state index contributed by atoms with van der Waals surface area (Å²) in [6, 6.07) is 13.8. The molecule has 0 bridgehead atoms. The van der Waals surface area contributed by atoms with Crippen molar-refractivity contribution in [1.29, 1.82) is 5.26 Å². The molecule has 0 fully saturated rings. The molecule has 1 unspecified atom stereocenters. The highest BCUT2D eigenvalue weighted by atomic mass is 32.2. The van der Waals surface area contributed by atoms with Crippen molar-refractivity contribution in [3.05, 3.63) is 76.9 Å². The van der Waals surface area contributed by atoms with Crippen LogP contribution in [-0.4, -0.2) is 32.2 Å². The standard InChI is InChI=1S/C23H22FN5O2S/c1-14(2)20(26-22(31)17-6-4-5-7-18(17)24)21-27-28-23(29(21)3)32-13-19(30)16-10-8-15(12-25)9-11-16/h4-11,14,20H,13H2,1-3H3,(H,26,31). The molecular formula is C23H22FN5O2S. The minimum Gasteiger partial charge on any atom is -0.342 e. The number of ketones is 1. The second-order valence-electron chi connectivity index (χ2n) is 7.48. The first-order valence-electron chi connectivity index (χ1n) is 9.92. The van der Waals surface area contributed by atoms with E-state index in [4.69, 9.17) is 5.26 Å². The first kappa shape index (κ1) is 23.2. The van der Waals surface area contributed by atoms with Crippen LogP contribution >= 0.6 is 11.8 Å². The normalized spacial score (nSPS) is 11.8. The molecule has 0 saturated heterocycles. The molecule has 1 atom stereocenters. The van der Waals surface area contributed by atoms with Crippen LogP contribution < -0.4 is 5.32 Å². The quantitative estimate of drug-likeness (QED) is 0.411. The van der Waals surface area contributed by atoms with Gasteiger partial charge in [0.05, 0.1) is 29.0 Å². The number of aromatic nitrogens is 3. The Balaban J connectivity index is 1.72. The summed E-state index contributed by atoms with van der Waals surface area (Å²) in [6.07, 6.45) is 0. The third-order valence-corrected chi connectivity index (χ3v) is 5.91. The lowest BCUT2D eigenvalue weighted by molar-refractivity contribution is 0.0917. The average Bonchev–Trinajstić information content (AvgIpc) is 3.15. The Hall–Kier alpha value is -3.51. The fourth-order valence-corrected chi connectivity index (χ4v) is 3.87. The Morgan fingerprint density at radius 3 is 2.47 bits per heavy atom. The number of Topliss-reactive ketones (excluding diaryl/α,β-unsaturated/α-hetero) is 1. The van der Waals surface area contributed by atoms with Gasteiger partial charge in [0.1, 0.15) is 5.82 Å². The Bertz CT molecular complexity index is 1170. The van der Waals surface area contributed by atoms with Gasteiger partial charge >= 0.3 is 0 Å². The zero-order valence-corrected chi connectivity index (χ0v) is 18.7. The van der Waals surface area contributed by atoms with Gasteiger partial charge in [0.15, 0.2) is 16.8 Å². The molecule has 1 N–H and O–H groups in total. The maximum Gasteiger partial charge on any atom is 0.254 e. The van der Waals surface area contributed by atoms with Gasteiger partial charge in [-0.1, -0.05) is 49.9 Å². The van der Waals surface area contributed by atoms with Gasteiger partial charge in [-0.3, -0.25) is 9.59 Å². The van der Waals surface area contributed by atoms with Crippen LogP contribution in [0.5, 0.6) is 0 Å². The number of benzene rings is 2. The second kappa shape index (κ2) is 10.2. The number of hydrogen-bond donors (Lipinski definition) is 1. The molecule has 3 rings (SSSR count). The van der Waals surface area contributed by atoms with E-state index in [1.165, 1.54) is 30.0 Å². The summed E-state index contributed by atoms with van der Waals surface area (Å²) in [4.78, 5) is 25.1. The molecule has 0 aliphatic rings. The van der Waals surface area contributed by atoms with Crippen molar-refractivity contribution in [2.24, 2.45) is 13.0 Å². The number of nitrogens with one attached hydrogen (secondary N) is 1. The third-order valence-electron chi connectivity index (χ3n) is 4.89. The summed E-state index contributed by atoms with van der Waals surface area (Å²) in [5.74, 6) is -0.605. The van der Waals surface area contributed by atoms with Crippen LogP contribution in [0.1, 0.15) is 52.0 Å². The lowest BCUT2D eigenvalue weighted by Gasteiger charge is -2.21. The largest absolute Gasteiger partial charge is 0.342 e. The topological polar surface area (TPSA) is 101 Å². The van der Waals surface area contributed by atoms with Gasteiger partial charge in [0, 0.05) is 12.6 Å². The zero-order chi connectivity index (χ0) is 23.3. The zero-order valence-electron chi connectivity index (χ0n) is 17.9. The van der Waals surface area contributed by atoms with Crippen LogP contribution in [0.4, 0.5) is 4.39 Å². The highest BCUT2D eigenvalue weighted by Crippen LogP contribution is 2.25. The van der Waals surface area contributed by atoms with Crippen LogP contribution in [0.2, 0.25) is 0 Å². The predicted molar refractivity (Wildman–Crippen MR) is 119 cm³/mol. The van der Waals surface area contributed by atoms with E-state index in [2.05, 4.69) is 15.5 Å². The van der Waals surface area contributed by atoms with E-state index >= 15 is 0 Å². The molecule has 164 valence electrons. The summed E-state index contributed by atoms with van der Waals surface area (Å²) in [5.41, 5.74) is 0.961. The number of amides is 1. The summed E-state index contributed by atoms with van der Waals surface area (Å²) in [5, 5.41) is 20.6. The third kappa shape index (κ3) is 5.21. The monoisotopic (exact) mass is 451 g/mol. The Morgan fingerprint density at radius 2 is 1.84 bits per heavy atom. The van der Waals surface area contributed by atoms with E-state index in [0.717, 1.165) is 0 Å². The fourth-order valence-electron chi connectivity index (χ4n) is 3.06. The summed E-state index contributed by atoms with van der Waals surface area (Å²) in [7, 11) is 1.76. The van der Waals surface area contributed by atoms with Gasteiger partial charge < -0.3 is 9.88 Å². The van der Waals surface area contributed by atoms with Gasteiger partial charge in [0.25, 0.3) is 5.91 Å². The maximum absolute atomic E-state index is 14.0. The van der Waals surface area contributed by atoms with Crippen molar-refractivity contribution in [2.45, 2.75) is 25.0 Å². The predicted octanol–water partition coefficient (Wildman–Crippen LogP) is 3.93. The number of carbonyl (C=O) groups excluding carboxylic acids is 2. The number of rotatable bonds is 8. The first-order chi connectivity index (χ1) is 15.3. The molecule has 1 heterocycles. The van der Waals surface area contributed by atoms with E-state index in [9.17, 15) is 14.0 Å². The molecule has 1 amide bonds. The van der Waals surface area contributed by atoms with E-state index in [1.807, 2.05) is 19.9 Å². The number of thioether (sulfide) groups is 1. The van der Waals surface area contributed by atoms with Crippen molar-refractivity contribution in [3.63, 3.8) is 0 Å². The molecule has 2 aromatic carbocycles. The molecular weight excluding hydrogens is 429 g/mol. The molecule has 0 spiro atoms. The Labute approximate surface area is 189 Å². The SMILES string of the molecule is CC(C)C(NC(=O)c1ccccc1F)c1nnc(SCC(=O)c2ccc(C#N)cc2)n1C. The van der Waals surface area contributed by atoms with Crippen molar-refractivity contribution in [1.82, 2.24) is 20.1 Å². The minimum atomic E-state index is -0.594. The van der Waals surface area contributed by atoms with Crippen molar-refractivity contribution in [2.75, 3.05) is 5.75 Å². The van der Waals surface area contributed by atoms with Crippen LogP contribution in [0, 0.1) is 23.1 Å². The minimum absolute atomic E-state index is 0.0354. The van der Waals surface area contributed by atoms with Gasteiger partial charge in [0.2, 0.25) is 0 Å². The van der Waals surface area contributed by atoms with E-state index in [0.29, 0.717) is 22.1 Å². The molecule has 0 radical (unpaired) electrons. The van der Waals surface area contributed by atoms with Crippen molar-refractivity contribution in [3.8, 4) is 6.07 Å². The summed E-state index contributed by atoms with van der Waals surface area (Å²) in [6.45, 7) is 3.84. The van der Waals surface area contributed by atoms with E-state index < -0.39 is 17.8 Å². The van der Waals surface area contributed by atoms with Crippen LogP contribution in [-0.2, 0) is 7.05 Å². The van der Waals surface area contributed by atoms with E-state index in [1.54, 1.807) is 41.9 Å². The molecule has 7 nitrogen and oxygen atoms in total. The lowest BCUT2D eigenvalue weighted by atomic mass is 10.0. The highest BCUT2D eigenvalue weighted by Gasteiger charge is 2.26. The van der Waals surface area contributed by atoms with Crippen LogP contribution in [0.3, 0.4) is 0 Å². The van der Waals surface area contributed by atoms with Crippen LogP contribution in [0.15, 0.2) is 53.7 Å². The molecule has 0 saturated carbocycles. The average molecular weight is 452 g/mol. The molecule has 3 aromatic rings. The summed E-state index contributed by atoms with van der Waals surface area (Å²) >= 11 is 1.23. The molecule has 32 heavy (non-hydrogen) atoms. The first-order valence-corrected chi connectivity index (χ1v) is 10.9. The number of nitrogens with zero attached hydrogens (tertiary/aromatic N) is 4. The molecule has 0 aliphatic carbocycles. The molecule has 1 aromatic heterocycles. The Kier molecular flexibility index (Phi) is 7.38. The van der Waals surface area contributed by atoms with Gasteiger partial charge in [-0.15, -0.1) is 10.2 Å². The van der Waals surface area contributed by atoms with Crippen LogP contribution in [0.25, 0.3) is 0 Å². The smallest absolute Gasteiger partial charge is 0.254 e. The number of halogens is 1. The second-order valence-corrected chi connectivity index (χ2v) is 8.42. The number of hydrogen-bond acceptors (Lipinski definition) is 6. The lowest BCUT2D eigenvalue weighted by Crippen LogP contribution is -2.34.